The minimum atomic E-state index is -1.06. The molecule has 0 aromatic carbocycles. The maximum absolute atomic E-state index is 11.3. The van der Waals surface area contributed by atoms with Crippen molar-refractivity contribution in [3.63, 3.8) is 0 Å². The van der Waals surface area contributed by atoms with Crippen molar-refractivity contribution in [3.8, 4) is 0 Å². The first kappa shape index (κ1) is 14.0. The van der Waals surface area contributed by atoms with Crippen LogP contribution in [0.1, 0.15) is 24.3 Å². The van der Waals surface area contributed by atoms with Crippen LogP contribution in [0, 0.1) is 5.92 Å². The largest absolute Gasteiger partial charge is 0.477 e. The van der Waals surface area contributed by atoms with Crippen LogP contribution < -0.4 is 10.6 Å². The number of anilines is 1. The monoisotopic (exact) mass is 251 g/mol. The van der Waals surface area contributed by atoms with Gasteiger partial charge in [0.05, 0.1) is 0 Å². The molecule has 1 rings (SSSR count). The molecule has 1 amide bonds. The smallest absolute Gasteiger partial charge is 0.354 e. The molecule has 3 N–H and O–H groups in total. The predicted octanol–water partition coefficient (Wildman–Crippen LogP) is 0.964. The molecule has 0 atom stereocenters. The molecular weight excluding hydrogens is 234 g/mol. The zero-order valence-electron chi connectivity index (χ0n) is 10.4. The zero-order valence-corrected chi connectivity index (χ0v) is 10.4. The third kappa shape index (κ3) is 4.40. The van der Waals surface area contributed by atoms with Crippen LogP contribution >= 0.6 is 0 Å². The normalized spacial score (nSPS) is 10.2. The topological polar surface area (TPSA) is 91.3 Å². The highest BCUT2D eigenvalue weighted by atomic mass is 16.4. The fraction of sp³-hybridized carbons (Fsp3) is 0.417. The van der Waals surface area contributed by atoms with Crippen molar-refractivity contribution >= 4 is 17.7 Å². The molecule has 0 aliphatic rings. The van der Waals surface area contributed by atoms with E-state index in [0.717, 1.165) is 0 Å². The van der Waals surface area contributed by atoms with E-state index in [1.165, 1.54) is 6.07 Å². The van der Waals surface area contributed by atoms with E-state index < -0.39 is 5.97 Å². The minimum Gasteiger partial charge on any atom is -0.477 e. The van der Waals surface area contributed by atoms with Crippen LogP contribution in [0.3, 0.4) is 0 Å². The number of carboxylic acid groups (broad SMARTS) is 1. The van der Waals surface area contributed by atoms with E-state index in [0.29, 0.717) is 18.9 Å². The second kappa shape index (κ2) is 6.58. The van der Waals surface area contributed by atoms with Crippen LogP contribution in [0.15, 0.2) is 18.2 Å². The molecule has 0 radical (unpaired) electrons. The van der Waals surface area contributed by atoms with Gasteiger partial charge in [0.15, 0.2) is 5.69 Å². The van der Waals surface area contributed by atoms with E-state index in [4.69, 9.17) is 5.11 Å². The second-order valence-corrected chi connectivity index (χ2v) is 4.09. The van der Waals surface area contributed by atoms with Crippen LogP contribution in [-0.4, -0.2) is 35.1 Å². The number of nitrogens with one attached hydrogen (secondary N) is 2. The summed E-state index contributed by atoms with van der Waals surface area (Å²) in [4.78, 5) is 25.9. The molecule has 1 aromatic heterocycles. The van der Waals surface area contributed by atoms with Crippen molar-refractivity contribution in [2.24, 2.45) is 5.92 Å². The van der Waals surface area contributed by atoms with Gasteiger partial charge in [-0.05, 0) is 12.1 Å². The lowest BCUT2D eigenvalue weighted by molar-refractivity contribution is -0.123. The van der Waals surface area contributed by atoms with Crippen molar-refractivity contribution in [3.05, 3.63) is 23.9 Å². The highest BCUT2D eigenvalue weighted by Gasteiger charge is 2.06. The number of hydrogen-bond donors (Lipinski definition) is 3. The van der Waals surface area contributed by atoms with E-state index in [1.54, 1.807) is 12.1 Å². The first-order valence-electron chi connectivity index (χ1n) is 5.72. The molecule has 98 valence electrons. The number of carboxylic acids is 1. The summed E-state index contributed by atoms with van der Waals surface area (Å²) in [6.45, 7) is 4.60. The molecule has 0 saturated heterocycles. The highest BCUT2D eigenvalue weighted by molar-refractivity contribution is 5.85. The lowest BCUT2D eigenvalue weighted by Gasteiger charge is -2.09. The molecule has 18 heavy (non-hydrogen) atoms. The fourth-order valence-corrected chi connectivity index (χ4v) is 1.23. The Balaban J connectivity index is 2.38. The Labute approximate surface area is 105 Å². The summed E-state index contributed by atoms with van der Waals surface area (Å²) >= 11 is 0. The Morgan fingerprint density at radius 3 is 2.67 bits per heavy atom. The van der Waals surface area contributed by atoms with E-state index in [1.807, 2.05) is 13.8 Å². The summed E-state index contributed by atoms with van der Waals surface area (Å²) in [7, 11) is 0. The van der Waals surface area contributed by atoms with Gasteiger partial charge in [-0.15, -0.1) is 0 Å². The van der Waals surface area contributed by atoms with Crippen LogP contribution in [-0.2, 0) is 4.79 Å². The molecule has 6 nitrogen and oxygen atoms in total. The van der Waals surface area contributed by atoms with Crippen molar-refractivity contribution in [1.82, 2.24) is 10.3 Å². The standard InChI is InChI=1S/C12H17N3O3/c1-8(2)11(16)14-7-6-13-10-5-3-4-9(15-10)12(17)18/h3-5,8H,6-7H2,1-2H3,(H,13,15)(H,14,16)(H,17,18). The number of carbonyl (C=O) groups excluding carboxylic acids is 1. The fourth-order valence-electron chi connectivity index (χ4n) is 1.23. The van der Waals surface area contributed by atoms with Crippen LogP contribution in [0.25, 0.3) is 0 Å². The first-order chi connectivity index (χ1) is 8.50. The Hall–Kier alpha value is -2.11. The Morgan fingerprint density at radius 1 is 1.33 bits per heavy atom. The maximum atomic E-state index is 11.3. The molecule has 0 saturated carbocycles. The van der Waals surface area contributed by atoms with Crippen LogP contribution in [0.4, 0.5) is 5.82 Å². The number of carbonyl (C=O) groups is 2. The molecule has 0 aliphatic carbocycles. The van der Waals surface area contributed by atoms with Gasteiger partial charge in [-0.3, -0.25) is 4.79 Å². The third-order valence-electron chi connectivity index (χ3n) is 2.22. The molecule has 1 aromatic rings. The van der Waals surface area contributed by atoms with Gasteiger partial charge in [0.1, 0.15) is 5.82 Å². The van der Waals surface area contributed by atoms with Gasteiger partial charge in [0.25, 0.3) is 0 Å². The number of hydrogen-bond acceptors (Lipinski definition) is 4. The van der Waals surface area contributed by atoms with Gasteiger partial charge in [-0.2, -0.15) is 0 Å². The highest BCUT2D eigenvalue weighted by Crippen LogP contribution is 2.04. The summed E-state index contributed by atoms with van der Waals surface area (Å²) in [6.07, 6.45) is 0. The van der Waals surface area contributed by atoms with Gasteiger partial charge >= 0.3 is 5.97 Å². The first-order valence-corrected chi connectivity index (χ1v) is 5.72. The van der Waals surface area contributed by atoms with Crippen LogP contribution in [0.5, 0.6) is 0 Å². The summed E-state index contributed by atoms with van der Waals surface area (Å²) in [5.74, 6) is -0.636. The molecule has 0 bridgehead atoms. The average molecular weight is 251 g/mol. The number of nitrogens with zero attached hydrogens (tertiary/aromatic N) is 1. The van der Waals surface area contributed by atoms with Gasteiger partial charge in [0, 0.05) is 19.0 Å². The molecule has 6 heteroatoms. The average Bonchev–Trinajstić information content (AvgIpc) is 2.34. The Bertz CT molecular complexity index is 432. The van der Waals surface area contributed by atoms with Crippen molar-refractivity contribution in [2.45, 2.75) is 13.8 Å². The maximum Gasteiger partial charge on any atom is 0.354 e. The number of aromatic carboxylic acids is 1. The van der Waals surface area contributed by atoms with Crippen molar-refractivity contribution < 1.29 is 14.7 Å². The molecule has 0 aliphatic heterocycles. The summed E-state index contributed by atoms with van der Waals surface area (Å²) in [5, 5.41) is 14.5. The molecule has 1 heterocycles. The predicted molar refractivity (Wildman–Crippen MR) is 67.5 cm³/mol. The van der Waals surface area contributed by atoms with E-state index in [-0.39, 0.29) is 17.5 Å². The van der Waals surface area contributed by atoms with Gasteiger partial charge in [0.2, 0.25) is 5.91 Å². The van der Waals surface area contributed by atoms with Gasteiger partial charge < -0.3 is 15.7 Å². The number of aromatic nitrogens is 1. The summed E-state index contributed by atoms with van der Waals surface area (Å²) < 4.78 is 0. The van der Waals surface area contributed by atoms with E-state index in [9.17, 15) is 9.59 Å². The molecule has 0 unspecified atom stereocenters. The summed E-state index contributed by atoms with van der Waals surface area (Å²) in [6, 6.07) is 4.72. The minimum absolute atomic E-state index is 0.00813. The Morgan fingerprint density at radius 2 is 2.06 bits per heavy atom. The number of pyridine rings is 1. The third-order valence-corrected chi connectivity index (χ3v) is 2.22. The number of amides is 1. The van der Waals surface area contributed by atoms with Gasteiger partial charge in [-0.1, -0.05) is 19.9 Å². The quantitative estimate of drug-likeness (QED) is 0.655. The zero-order chi connectivity index (χ0) is 13.5. The Kier molecular flexibility index (Phi) is 5.10. The van der Waals surface area contributed by atoms with E-state index >= 15 is 0 Å². The molecule has 0 spiro atoms. The van der Waals surface area contributed by atoms with E-state index in [2.05, 4.69) is 15.6 Å². The van der Waals surface area contributed by atoms with Crippen LogP contribution in [0.2, 0.25) is 0 Å². The lowest BCUT2D eigenvalue weighted by Crippen LogP contribution is -2.32. The van der Waals surface area contributed by atoms with Crippen molar-refractivity contribution in [2.75, 3.05) is 18.4 Å². The second-order valence-electron chi connectivity index (χ2n) is 4.09. The molecular formula is C12H17N3O3. The molecule has 0 fully saturated rings. The SMILES string of the molecule is CC(C)C(=O)NCCNc1cccc(C(=O)O)n1. The number of rotatable bonds is 6. The lowest BCUT2D eigenvalue weighted by atomic mass is 10.2. The van der Waals surface area contributed by atoms with Gasteiger partial charge in [-0.25, -0.2) is 9.78 Å². The van der Waals surface area contributed by atoms with Crippen molar-refractivity contribution in [1.29, 1.82) is 0 Å². The summed E-state index contributed by atoms with van der Waals surface area (Å²) in [5.41, 5.74) is -0.00813.